The van der Waals surface area contributed by atoms with E-state index in [9.17, 15) is 9.59 Å². The molecule has 0 aromatic heterocycles. The highest BCUT2D eigenvalue weighted by atomic mass is 28.4. The summed E-state index contributed by atoms with van der Waals surface area (Å²) in [6.07, 6.45) is -1.80. The highest BCUT2D eigenvalue weighted by molar-refractivity contribution is 6.74. The maximum atomic E-state index is 11.6. The second-order valence-corrected chi connectivity index (χ2v) is 14.8. The summed E-state index contributed by atoms with van der Waals surface area (Å²) in [7, 11) is -2.08. The van der Waals surface area contributed by atoms with Gasteiger partial charge in [-0.05, 0) is 30.3 Å². The highest BCUT2D eigenvalue weighted by Gasteiger charge is 2.45. The van der Waals surface area contributed by atoms with Crippen LogP contribution < -0.4 is 9.16 Å². The average Bonchev–Trinajstić information content (AvgIpc) is 2.66. The van der Waals surface area contributed by atoms with E-state index in [1.807, 2.05) is 38.1 Å². The minimum atomic E-state index is -2.08. The summed E-state index contributed by atoms with van der Waals surface area (Å²) in [5.74, 6) is 0.283. The molecule has 180 valence electrons. The van der Waals surface area contributed by atoms with E-state index in [0.717, 1.165) is 0 Å². The van der Waals surface area contributed by atoms with E-state index in [0.29, 0.717) is 11.5 Å². The summed E-state index contributed by atoms with van der Waals surface area (Å²) in [5, 5.41) is 0.0373. The van der Waals surface area contributed by atoms with Gasteiger partial charge in [-0.3, -0.25) is 9.59 Å². The third kappa shape index (κ3) is 6.48. The van der Waals surface area contributed by atoms with Gasteiger partial charge in [0.15, 0.2) is 5.75 Å². The van der Waals surface area contributed by atoms with E-state index >= 15 is 0 Å². The first-order chi connectivity index (χ1) is 14.7. The Hall–Kier alpha value is -2.06. The Labute approximate surface area is 192 Å². The topological polar surface area (TPSA) is 80.3 Å². The molecular formula is C24H38O7Si. The third-order valence-corrected chi connectivity index (χ3v) is 10.8. The number of rotatable bonds is 7. The molecule has 2 rings (SSSR count). The molecule has 1 aromatic carbocycles. The van der Waals surface area contributed by atoms with Crippen LogP contribution in [0.25, 0.3) is 0 Å². The lowest BCUT2D eigenvalue weighted by Gasteiger charge is -2.43. The zero-order chi connectivity index (χ0) is 24.3. The van der Waals surface area contributed by atoms with Crippen molar-refractivity contribution in [1.29, 1.82) is 0 Å². The molecule has 1 fully saturated rings. The van der Waals surface area contributed by atoms with Gasteiger partial charge in [0.2, 0.25) is 6.29 Å². The van der Waals surface area contributed by atoms with Crippen molar-refractivity contribution >= 4 is 20.3 Å². The van der Waals surface area contributed by atoms with Crippen LogP contribution >= 0.6 is 0 Å². The van der Waals surface area contributed by atoms with Crippen molar-refractivity contribution < 1.29 is 33.0 Å². The van der Waals surface area contributed by atoms with Crippen LogP contribution in [0.15, 0.2) is 24.3 Å². The molecule has 8 heteroatoms. The number of carbonyl (C=O) groups is 2. The lowest BCUT2D eigenvalue weighted by atomic mass is 9.84. The number of hydrogen-bond acceptors (Lipinski definition) is 7. The SMILES string of the molecule is CC(=O)OC[C@H]1OC(Oc2ccccc2O[Si](C)(C)C(C)(C)C)[C@H](C)[C@@H](C)[C@H]1OC(C)=O. The third-order valence-electron chi connectivity index (χ3n) is 6.47. The number of carbonyl (C=O) groups excluding carboxylic acids is 2. The molecule has 0 radical (unpaired) electrons. The van der Waals surface area contributed by atoms with Gasteiger partial charge in [-0.2, -0.15) is 0 Å². The molecule has 1 aliphatic rings. The molecule has 0 amide bonds. The summed E-state index contributed by atoms with van der Waals surface area (Å²) in [4.78, 5) is 23.0. The minimum Gasteiger partial charge on any atom is -0.541 e. The van der Waals surface area contributed by atoms with Gasteiger partial charge in [0.05, 0.1) is 0 Å². The predicted molar refractivity (Wildman–Crippen MR) is 124 cm³/mol. The number of benzene rings is 1. The first kappa shape index (κ1) is 26.2. The van der Waals surface area contributed by atoms with Crippen LogP contribution in [0.2, 0.25) is 18.1 Å². The zero-order valence-corrected chi connectivity index (χ0v) is 21.8. The lowest BCUT2D eigenvalue weighted by Crippen LogP contribution is -2.54. The van der Waals surface area contributed by atoms with Crippen LogP contribution in [0, 0.1) is 11.8 Å². The number of ether oxygens (including phenoxy) is 4. The van der Waals surface area contributed by atoms with E-state index in [1.165, 1.54) is 13.8 Å². The molecule has 0 spiro atoms. The van der Waals surface area contributed by atoms with Gasteiger partial charge >= 0.3 is 11.9 Å². The quantitative estimate of drug-likeness (QED) is 0.416. The second kappa shape index (κ2) is 10.3. The predicted octanol–water partition coefficient (Wildman–Crippen LogP) is 4.94. The Balaban J connectivity index is 2.27. The first-order valence-corrected chi connectivity index (χ1v) is 14.0. The largest absolute Gasteiger partial charge is 0.541 e. The molecule has 1 aliphatic heterocycles. The van der Waals surface area contributed by atoms with Crippen LogP contribution in [0.1, 0.15) is 48.5 Å². The van der Waals surface area contributed by atoms with Gasteiger partial charge in [-0.25, -0.2) is 0 Å². The van der Waals surface area contributed by atoms with Crippen LogP contribution in [0.3, 0.4) is 0 Å². The maximum absolute atomic E-state index is 11.6. The van der Waals surface area contributed by atoms with Crippen molar-refractivity contribution in [3.63, 3.8) is 0 Å². The number of hydrogen-bond donors (Lipinski definition) is 0. The maximum Gasteiger partial charge on any atom is 0.303 e. The van der Waals surface area contributed by atoms with Crippen LogP contribution in [-0.4, -0.2) is 45.4 Å². The Morgan fingerprint density at radius 2 is 1.59 bits per heavy atom. The molecular weight excluding hydrogens is 428 g/mol. The second-order valence-electron chi connectivity index (χ2n) is 10.1. The minimum absolute atomic E-state index is 0.0215. The Kier molecular flexibility index (Phi) is 8.39. The van der Waals surface area contributed by atoms with E-state index in [4.69, 9.17) is 23.4 Å². The molecule has 0 bridgehead atoms. The fourth-order valence-electron chi connectivity index (χ4n) is 3.29. The molecule has 1 heterocycles. The molecule has 0 saturated carbocycles. The molecule has 1 saturated heterocycles. The molecule has 0 aliphatic carbocycles. The van der Waals surface area contributed by atoms with Crippen LogP contribution in [-0.2, 0) is 23.8 Å². The molecule has 5 atom stereocenters. The first-order valence-electron chi connectivity index (χ1n) is 11.1. The monoisotopic (exact) mass is 466 g/mol. The standard InChI is InChI=1S/C24H38O7Si/c1-15-16(2)23(30-21(14-27-17(3)25)22(15)28-18(4)26)29-19-12-10-11-13-20(19)31-32(8,9)24(5,6)7/h10-13,15-16,21-23H,14H2,1-9H3/t15-,16-,21-,22-,23?/m1/s1. The average molecular weight is 467 g/mol. The Morgan fingerprint density at radius 3 is 2.12 bits per heavy atom. The fraction of sp³-hybridized carbons (Fsp3) is 0.667. The highest BCUT2D eigenvalue weighted by Crippen LogP contribution is 2.41. The van der Waals surface area contributed by atoms with Gasteiger partial charge < -0.3 is 23.4 Å². The van der Waals surface area contributed by atoms with Gasteiger partial charge in [0.1, 0.15) is 24.6 Å². The Bertz CT molecular complexity index is 802. The van der Waals surface area contributed by atoms with Crippen molar-refractivity contribution in [2.75, 3.05) is 6.61 Å². The van der Waals surface area contributed by atoms with Gasteiger partial charge in [0.25, 0.3) is 8.32 Å². The Morgan fingerprint density at radius 1 is 1.00 bits per heavy atom. The van der Waals surface area contributed by atoms with Crippen molar-refractivity contribution in [3.8, 4) is 11.5 Å². The van der Waals surface area contributed by atoms with E-state index in [-0.39, 0.29) is 23.5 Å². The lowest BCUT2D eigenvalue weighted by molar-refractivity contribution is -0.248. The van der Waals surface area contributed by atoms with Crippen LogP contribution in [0.5, 0.6) is 11.5 Å². The zero-order valence-electron chi connectivity index (χ0n) is 20.8. The summed E-state index contributed by atoms with van der Waals surface area (Å²) in [5.41, 5.74) is 0. The molecule has 1 unspecified atom stereocenters. The molecule has 0 N–H and O–H groups in total. The molecule has 1 aromatic rings. The van der Waals surface area contributed by atoms with Crippen molar-refractivity contribution in [3.05, 3.63) is 24.3 Å². The smallest absolute Gasteiger partial charge is 0.303 e. The van der Waals surface area contributed by atoms with E-state index in [2.05, 4.69) is 33.9 Å². The normalized spacial score (nSPS) is 26.2. The van der Waals surface area contributed by atoms with Crippen molar-refractivity contribution in [1.82, 2.24) is 0 Å². The summed E-state index contributed by atoms with van der Waals surface area (Å²) in [6, 6.07) is 7.58. The van der Waals surface area contributed by atoms with Gasteiger partial charge in [-0.15, -0.1) is 0 Å². The van der Waals surface area contributed by atoms with Crippen molar-refractivity contribution in [2.24, 2.45) is 11.8 Å². The molecule has 32 heavy (non-hydrogen) atoms. The van der Waals surface area contributed by atoms with Crippen molar-refractivity contribution in [2.45, 2.75) is 85.1 Å². The number of para-hydroxylation sites is 2. The van der Waals surface area contributed by atoms with Crippen LogP contribution in [0.4, 0.5) is 0 Å². The molecule has 7 nitrogen and oxygen atoms in total. The number of esters is 2. The van der Waals surface area contributed by atoms with E-state index in [1.54, 1.807) is 0 Å². The van der Waals surface area contributed by atoms with Gasteiger partial charge in [0, 0.05) is 25.7 Å². The fourth-order valence-corrected chi connectivity index (χ4v) is 4.31. The van der Waals surface area contributed by atoms with E-state index < -0.39 is 38.8 Å². The summed E-state index contributed by atoms with van der Waals surface area (Å²) < 4.78 is 29.7. The summed E-state index contributed by atoms with van der Waals surface area (Å²) >= 11 is 0. The van der Waals surface area contributed by atoms with Gasteiger partial charge in [-0.1, -0.05) is 46.8 Å². The summed E-state index contributed by atoms with van der Waals surface area (Å²) in [6.45, 7) is 17.6.